The van der Waals surface area contributed by atoms with Gasteiger partial charge < -0.3 is 54.2 Å². The number of hydrogen-bond donors (Lipinski definition) is 7. The zero-order valence-corrected chi connectivity index (χ0v) is 40.2. The minimum atomic E-state index is -5.29. The van der Waals surface area contributed by atoms with Gasteiger partial charge in [0.2, 0.25) is 0 Å². The fourth-order valence-electron chi connectivity index (χ4n) is 8.53. The van der Waals surface area contributed by atoms with Crippen LogP contribution in [0.15, 0.2) is 133 Å². The zero-order chi connectivity index (χ0) is 52.9. The van der Waals surface area contributed by atoms with E-state index in [9.17, 15) is 69.2 Å². The van der Waals surface area contributed by atoms with Crippen molar-refractivity contribution in [3.05, 3.63) is 164 Å². The summed E-state index contributed by atoms with van der Waals surface area (Å²) in [5, 5.41) is 63.4. The molecule has 6 aromatic rings. The molecule has 0 saturated heterocycles. The smallest absolute Gasteiger partial charge is 0.373 e. The number of carbonyl (C=O) groups excluding carboxylic acids is 2. The molecule has 6 aromatic carbocycles. The molecule has 0 atom stereocenters. The maximum atomic E-state index is 12.5. The predicted octanol–water partition coefficient (Wildman–Crippen LogP) is 5.71. The van der Waals surface area contributed by atoms with Crippen LogP contribution in [0.4, 0.5) is 11.4 Å². The summed E-state index contributed by atoms with van der Waals surface area (Å²) in [4.78, 5) is 25.9. The molecule has 8 bridgehead atoms. The van der Waals surface area contributed by atoms with E-state index in [-0.39, 0.29) is 72.6 Å². The van der Waals surface area contributed by atoms with E-state index in [1.54, 1.807) is 36.4 Å². The Bertz CT molecular complexity index is 3880. The number of fused-ring (bicyclic) bond motifs is 10. The Labute approximate surface area is 418 Å². The van der Waals surface area contributed by atoms with Crippen LogP contribution in [0.1, 0.15) is 44.5 Å². The topological polar surface area (TPSA) is 361 Å². The summed E-state index contributed by atoms with van der Waals surface area (Å²) in [5.74, 6) is -2.24. The van der Waals surface area contributed by atoms with Gasteiger partial charge in [-0.2, -0.15) is 9.59 Å². The van der Waals surface area contributed by atoms with Crippen LogP contribution in [0.2, 0.25) is 0 Å². The highest BCUT2D eigenvalue weighted by Crippen LogP contribution is 2.43. The lowest BCUT2D eigenvalue weighted by molar-refractivity contribution is -0.191. The lowest BCUT2D eigenvalue weighted by Gasteiger charge is -2.21. The molecule has 7 N–H and O–H groups in total. The third kappa shape index (κ3) is 10.9. The average Bonchev–Trinajstić information content (AvgIpc) is 3.29. The summed E-state index contributed by atoms with van der Waals surface area (Å²) < 4.78 is 118. The van der Waals surface area contributed by atoms with Crippen molar-refractivity contribution >= 4 is 76.2 Å². The Balaban J connectivity index is 0.00000231. The first-order valence-corrected chi connectivity index (χ1v) is 25.6. The Morgan fingerprint density at radius 1 is 0.521 bits per heavy atom. The first-order valence-electron chi connectivity index (χ1n) is 20.9. The SMILES string of the molecule is O=C=O.O=c1ccc2c(-c3ccc(NC(=S)Nc4cc5c(O)c(c4)Cc4cc(S(=O)(=O)[O-])cc(c4O)Cc4cc(S(=O)(=O)[O-])cc(c4O)Cc4cc(S(=O)(=O)[O-])cc(c4O)C5)cc3)c3ccc(O)cc3oc-2c1. The van der Waals surface area contributed by atoms with Crippen LogP contribution < -0.4 is 16.1 Å². The summed E-state index contributed by atoms with van der Waals surface area (Å²) in [6.45, 7) is 0. The van der Waals surface area contributed by atoms with Gasteiger partial charge in [-0.3, -0.25) is 4.79 Å². The lowest BCUT2D eigenvalue weighted by Crippen LogP contribution is -2.19. The molecule has 24 heteroatoms. The van der Waals surface area contributed by atoms with Crippen molar-refractivity contribution in [2.45, 2.75) is 40.4 Å². The Kier molecular flexibility index (Phi) is 13.6. The fraction of sp³-hybridized carbons (Fsp3) is 0.0816. The highest BCUT2D eigenvalue weighted by Gasteiger charge is 2.25. The van der Waals surface area contributed by atoms with Crippen LogP contribution in [-0.4, -0.2) is 75.7 Å². The number of benzene rings is 7. The molecule has 1 heterocycles. The van der Waals surface area contributed by atoms with E-state index in [0.29, 0.717) is 39.1 Å². The maximum absolute atomic E-state index is 12.5. The first kappa shape index (κ1) is 51.2. The average molecular weight is 1070 g/mol. The number of thiocarbonyl (C=S) groups is 1. The van der Waals surface area contributed by atoms with Crippen LogP contribution in [-0.2, 0) is 65.6 Å². The van der Waals surface area contributed by atoms with Gasteiger partial charge in [-0.05, 0) is 136 Å². The van der Waals surface area contributed by atoms with Crippen LogP contribution in [0, 0.1) is 0 Å². The summed E-state index contributed by atoms with van der Waals surface area (Å²) in [6, 6.07) is 23.5. The Morgan fingerprint density at radius 3 is 1.30 bits per heavy atom. The molecule has 0 saturated carbocycles. The highest BCUT2D eigenvalue weighted by molar-refractivity contribution is 7.86. The normalized spacial score (nSPS) is 12.6. The summed E-state index contributed by atoms with van der Waals surface area (Å²) in [6.07, 6.45) is -2.19. The van der Waals surface area contributed by atoms with E-state index >= 15 is 0 Å². The van der Waals surface area contributed by atoms with E-state index in [1.165, 1.54) is 36.4 Å². The largest absolute Gasteiger partial charge is 0.744 e. The van der Waals surface area contributed by atoms with E-state index in [1.807, 2.05) is 0 Å². The monoisotopic (exact) mass is 1070 g/mol. The van der Waals surface area contributed by atoms with E-state index in [0.717, 1.165) is 36.4 Å². The van der Waals surface area contributed by atoms with Crippen LogP contribution in [0.5, 0.6) is 28.7 Å². The molecule has 0 fully saturated rings. The number of hydrogen-bond acceptors (Lipinski definition) is 19. The van der Waals surface area contributed by atoms with E-state index in [4.69, 9.17) is 26.2 Å². The highest BCUT2D eigenvalue weighted by atomic mass is 32.2. The van der Waals surface area contributed by atoms with Gasteiger partial charge in [0.15, 0.2) is 10.5 Å². The van der Waals surface area contributed by atoms with Gasteiger partial charge in [-0.1, -0.05) is 12.1 Å². The van der Waals surface area contributed by atoms with Crippen molar-refractivity contribution in [3.63, 3.8) is 0 Å². The number of anilines is 2. The molecule has 9 rings (SSSR count). The van der Waals surface area contributed by atoms with Gasteiger partial charge in [0.05, 0.1) is 14.7 Å². The molecular weight excluding hydrogens is 1030 g/mol. The molecule has 73 heavy (non-hydrogen) atoms. The summed E-state index contributed by atoms with van der Waals surface area (Å²) in [7, 11) is -15.8. The fourth-order valence-corrected chi connectivity index (χ4v) is 10.5. The number of phenolic OH excluding ortho intramolecular Hbond substituents is 5. The van der Waals surface area contributed by atoms with Crippen LogP contribution in [0.25, 0.3) is 33.4 Å². The molecule has 20 nitrogen and oxygen atoms in total. The molecule has 0 spiro atoms. The molecule has 1 aliphatic heterocycles. The van der Waals surface area contributed by atoms with Crippen molar-refractivity contribution < 1.29 is 78.5 Å². The molecule has 0 amide bonds. The number of rotatable bonds is 6. The van der Waals surface area contributed by atoms with Gasteiger partial charge in [-0.15, -0.1) is 0 Å². The van der Waals surface area contributed by atoms with Gasteiger partial charge in [0, 0.05) is 76.8 Å². The standard InChI is InChI=1S/C48H36N2O16S4.CO2/c51-34-5-7-39-41(21-34)66-42-22-35(52)6-8-40(42)43(39)23-1-3-32(4-2-23)49-48(67)50-33-13-24-9-26-15-36(68(57,58)59)17-28(45(26)54)11-30-19-38(70(63,64)65)20-31(47(30)56)12-29-18-37(69(60,61)62)16-27(46(29)55)10-25(14-33)44(24)53;2-1-3/h1-8,13-22,51,53-56H,9-12H2,(H2,49,50,67)(H,57,58,59)(H,60,61,62)(H,63,64,65);/p-3. The molecule has 0 aromatic heterocycles. The molecule has 0 radical (unpaired) electrons. The number of phenols is 5. The van der Waals surface area contributed by atoms with Crippen molar-refractivity contribution in [1.29, 1.82) is 0 Å². The number of nitrogens with one attached hydrogen (secondary N) is 2. The molecule has 2 aliphatic carbocycles. The Morgan fingerprint density at radius 2 is 0.904 bits per heavy atom. The second-order valence-corrected chi connectivity index (χ2v) is 21.1. The van der Waals surface area contributed by atoms with Crippen molar-refractivity contribution in [2.24, 2.45) is 0 Å². The first-order chi connectivity index (χ1) is 34.3. The van der Waals surface area contributed by atoms with Crippen LogP contribution in [0.3, 0.4) is 0 Å². The quantitative estimate of drug-likeness (QED) is 0.0454. The zero-order valence-electron chi connectivity index (χ0n) is 36.9. The predicted molar refractivity (Wildman–Crippen MR) is 259 cm³/mol. The minimum absolute atomic E-state index is 0.0140. The number of aromatic hydroxyl groups is 5. The second-order valence-electron chi connectivity index (χ2n) is 16.5. The van der Waals surface area contributed by atoms with E-state index in [2.05, 4.69) is 10.6 Å². The molecule has 0 unspecified atom stereocenters. The lowest BCUT2D eigenvalue weighted by atomic mass is 9.91. The van der Waals surface area contributed by atoms with Crippen molar-refractivity contribution in [2.75, 3.05) is 10.6 Å². The summed E-state index contributed by atoms with van der Waals surface area (Å²) in [5.41, 5.74) is 0.712. The van der Waals surface area contributed by atoms with Gasteiger partial charge in [-0.25, -0.2) is 25.3 Å². The molecular formula is C49H33N2O18S4-3. The van der Waals surface area contributed by atoms with Gasteiger partial charge in [0.25, 0.3) is 0 Å². The Hall–Kier alpha value is -8.19. The molecule has 374 valence electrons. The van der Waals surface area contributed by atoms with E-state index < -0.39 is 93.7 Å². The minimum Gasteiger partial charge on any atom is -0.744 e. The van der Waals surface area contributed by atoms with Crippen molar-refractivity contribution in [1.82, 2.24) is 0 Å². The second kappa shape index (κ2) is 19.4. The van der Waals surface area contributed by atoms with Crippen molar-refractivity contribution in [3.8, 4) is 51.2 Å². The summed E-state index contributed by atoms with van der Waals surface area (Å²) >= 11 is 5.67. The third-order valence-corrected chi connectivity index (χ3v) is 14.4. The molecule has 3 aliphatic rings. The van der Waals surface area contributed by atoms with Crippen LogP contribution >= 0.6 is 12.2 Å². The van der Waals surface area contributed by atoms with Gasteiger partial charge >= 0.3 is 6.15 Å². The van der Waals surface area contributed by atoms with Gasteiger partial charge in [0.1, 0.15) is 70.4 Å². The third-order valence-electron chi connectivity index (χ3n) is 11.7. The maximum Gasteiger partial charge on any atom is 0.373 e.